The lowest BCUT2D eigenvalue weighted by Crippen LogP contribution is -2.52. The van der Waals surface area contributed by atoms with Crippen molar-refractivity contribution in [2.24, 2.45) is 0 Å². The number of nitrogens with zero attached hydrogens (tertiary/aromatic N) is 2. The minimum Gasteiger partial charge on any atom is -0.410 e. The molecule has 9 heteroatoms. The van der Waals surface area contributed by atoms with E-state index in [2.05, 4.69) is 5.32 Å². The van der Waals surface area contributed by atoms with Crippen LogP contribution in [-0.4, -0.2) is 41.8 Å². The van der Waals surface area contributed by atoms with Gasteiger partial charge in [0.2, 0.25) is 11.8 Å². The fourth-order valence-electron chi connectivity index (χ4n) is 4.44. The van der Waals surface area contributed by atoms with Gasteiger partial charge in [-0.25, -0.2) is 9.18 Å². The van der Waals surface area contributed by atoms with Crippen molar-refractivity contribution in [3.8, 4) is 16.9 Å². The highest BCUT2D eigenvalue weighted by Crippen LogP contribution is 2.31. The number of rotatable bonds is 4. The average Bonchev–Trinajstić information content (AvgIpc) is 3.19. The van der Waals surface area contributed by atoms with Crippen LogP contribution in [0.2, 0.25) is 0 Å². The third-order valence-corrected chi connectivity index (χ3v) is 6.40. The Balaban J connectivity index is 1.29. The van der Waals surface area contributed by atoms with E-state index in [1.165, 1.54) is 29.0 Å². The molecule has 2 aliphatic heterocycles. The van der Waals surface area contributed by atoms with Gasteiger partial charge in [-0.15, -0.1) is 0 Å². The minimum atomic E-state index is -0.755. The first-order valence-corrected chi connectivity index (χ1v) is 11.4. The Hall–Kier alpha value is -4.53. The second-order valence-electron chi connectivity index (χ2n) is 8.68. The number of hydrogen-bond acceptors (Lipinski definition) is 5. The van der Waals surface area contributed by atoms with E-state index in [9.17, 15) is 23.6 Å². The van der Waals surface area contributed by atoms with Crippen LogP contribution in [0.25, 0.3) is 11.1 Å². The van der Waals surface area contributed by atoms with E-state index < -0.39 is 23.9 Å². The summed E-state index contributed by atoms with van der Waals surface area (Å²) in [5, 5.41) is 2.26. The first-order valence-electron chi connectivity index (χ1n) is 11.4. The summed E-state index contributed by atoms with van der Waals surface area (Å²) in [6.07, 6.45) is -0.329. The molecule has 2 aliphatic rings. The molecule has 0 spiro atoms. The second-order valence-corrected chi connectivity index (χ2v) is 8.68. The van der Waals surface area contributed by atoms with Gasteiger partial charge < -0.3 is 9.64 Å². The number of carbonyl (C=O) groups is 4. The zero-order valence-electron chi connectivity index (χ0n) is 19.4. The lowest BCUT2D eigenvalue weighted by atomic mass is 10.0. The normalized spacial score (nSPS) is 17.0. The average molecular weight is 487 g/mol. The third-order valence-electron chi connectivity index (χ3n) is 6.40. The van der Waals surface area contributed by atoms with Crippen molar-refractivity contribution in [2.75, 3.05) is 11.9 Å². The summed E-state index contributed by atoms with van der Waals surface area (Å²) in [7, 11) is 1.46. The van der Waals surface area contributed by atoms with Gasteiger partial charge in [0.15, 0.2) is 0 Å². The van der Waals surface area contributed by atoms with E-state index >= 15 is 0 Å². The van der Waals surface area contributed by atoms with Crippen molar-refractivity contribution in [2.45, 2.75) is 25.4 Å². The predicted octanol–water partition coefficient (Wildman–Crippen LogP) is 3.89. The van der Waals surface area contributed by atoms with E-state index in [0.29, 0.717) is 22.4 Å². The van der Waals surface area contributed by atoms with Gasteiger partial charge in [0.1, 0.15) is 17.6 Å². The first-order chi connectivity index (χ1) is 17.3. The SMILES string of the molecule is CN(C(=O)Oc1ccc2c(c1)C(=O)N(C1CCC(=O)NC1=O)C2)c1ccc(-c2ccccc2)c(F)c1. The quantitative estimate of drug-likeness (QED) is 0.564. The molecule has 36 heavy (non-hydrogen) atoms. The van der Waals surface area contributed by atoms with E-state index in [1.54, 1.807) is 36.4 Å². The summed E-state index contributed by atoms with van der Waals surface area (Å²) in [6.45, 7) is 0.224. The number of benzene rings is 3. The Kier molecular flexibility index (Phi) is 5.97. The molecule has 3 aromatic carbocycles. The number of anilines is 1. The standard InChI is InChI=1S/C27H22FN3O5/c1-30(18-8-10-20(22(28)13-18)16-5-3-2-4-6-16)27(35)36-19-9-7-17-15-31(26(34)21(17)14-19)23-11-12-24(32)29-25(23)33/h2-10,13-14,23H,11-12,15H2,1H3,(H,29,32,33). The number of imide groups is 1. The molecule has 8 nitrogen and oxygen atoms in total. The molecule has 1 fully saturated rings. The molecule has 5 rings (SSSR count). The second kappa shape index (κ2) is 9.26. The summed E-state index contributed by atoms with van der Waals surface area (Å²) in [5.41, 5.74) is 2.46. The highest BCUT2D eigenvalue weighted by Gasteiger charge is 2.39. The van der Waals surface area contributed by atoms with Crippen LogP contribution in [0.5, 0.6) is 5.75 Å². The van der Waals surface area contributed by atoms with Crippen molar-refractivity contribution in [3.05, 3.63) is 83.7 Å². The van der Waals surface area contributed by atoms with E-state index in [4.69, 9.17) is 4.74 Å². The molecule has 0 radical (unpaired) electrons. The molecular weight excluding hydrogens is 465 g/mol. The molecule has 0 bridgehead atoms. The molecule has 0 aromatic heterocycles. The third kappa shape index (κ3) is 4.31. The number of nitrogens with one attached hydrogen (secondary N) is 1. The van der Waals surface area contributed by atoms with E-state index in [-0.39, 0.29) is 37.0 Å². The maximum Gasteiger partial charge on any atom is 0.419 e. The maximum atomic E-state index is 14.8. The summed E-state index contributed by atoms with van der Waals surface area (Å²) >= 11 is 0. The molecule has 0 saturated carbocycles. The smallest absolute Gasteiger partial charge is 0.410 e. The molecule has 1 N–H and O–H groups in total. The van der Waals surface area contributed by atoms with Crippen LogP contribution in [0.1, 0.15) is 28.8 Å². The van der Waals surface area contributed by atoms with Crippen LogP contribution in [0, 0.1) is 5.82 Å². The van der Waals surface area contributed by atoms with Crippen LogP contribution in [0.4, 0.5) is 14.9 Å². The molecule has 3 aromatic rings. The molecular formula is C27H22FN3O5. The van der Waals surface area contributed by atoms with Crippen LogP contribution >= 0.6 is 0 Å². The lowest BCUT2D eigenvalue weighted by Gasteiger charge is -2.29. The van der Waals surface area contributed by atoms with Crippen LogP contribution in [-0.2, 0) is 16.1 Å². The number of hydrogen-bond donors (Lipinski definition) is 1. The van der Waals surface area contributed by atoms with Gasteiger partial charge in [0.05, 0.1) is 0 Å². The molecule has 182 valence electrons. The van der Waals surface area contributed by atoms with Gasteiger partial charge in [0.25, 0.3) is 5.91 Å². The summed E-state index contributed by atoms with van der Waals surface area (Å²) in [5.74, 6) is -1.55. The van der Waals surface area contributed by atoms with E-state index in [0.717, 1.165) is 5.56 Å². The largest absolute Gasteiger partial charge is 0.419 e. The number of piperidine rings is 1. The Labute approximate surface area is 206 Å². The number of ether oxygens (including phenoxy) is 1. The first kappa shape index (κ1) is 23.2. The summed E-state index contributed by atoms with van der Waals surface area (Å²) in [4.78, 5) is 51.9. The number of amides is 4. The maximum absolute atomic E-state index is 14.8. The van der Waals surface area contributed by atoms with Crippen molar-refractivity contribution >= 4 is 29.5 Å². The minimum absolute atomic E-state index is 0.144. The van der Waals surface area contributed by atoms with Crippen molar-refractivity contribution in [1.29, 1.82) is 0 Å². The van der Waals surface area contributed by atoms with Crippen LogP contribution < -0.4 is 15.0 Å². The van der Waals surface area contributed by atoms with Gasteiger partial charge in [0, 0.05) is 36.8 Å². The molecule has 1 atom stereocenters. The topological polar surface area (TPSA) is 96.0 Å². The van der Waals surface area contributed by atoms with Crippen molar-refractivity contribution in [3.63, 3.8) is 0 Å². The Bertz CT molecular complexity index is 1390. The summed E-state index contributed by atoms with van der Waals surface area (Å²) < 4.78 is 20.2. The molecule has 2 heterocycles. The number of halogens is 1. The monoisotopic (exact) mass is 487 g/mol. The molecule has 1 saturated heterocycles. The molecule has 1 unspecified atom stereocenters. The Morgan fingerprint density at radius 2 is 1.81 bits per heavy atom. The molecule has 0 aliphatic carbocycles. The fraction of sp³-hybridized carbons (Fsp3) is 0.185. The van der Waals surface area contributed by atoms with Crippen LogP contribution in [0.3, 0.4) is 0 Å². The lowest BCUT2D eigenvalue weighted by molar-refractivity contribution is -0.136. The van der Waals surface area contributed by atoms with Crippen LogP contribution in [0.15, 0.2) is 66.7 Å². The Morgan fingerprint density at radius 1 is 1.03 bits per heavy atom. The van der Waals surface area contributed by atoms with Gasteiger partial charge in [-0.05, 0) is 47.9 Å². The zero-order chi connectivity index (χ0) is 25.4. The fourth-order valence-corrected chi connectivity index (χ4v) is 4.44. The summed E-state index contributed by atoms with van der Waals surface area (Å²) in [6, 6.07) is 17.5. The van der Waals surface area contributed by atoms with Gasteiger partial charge in [-0.2, -0.15) is 0 Å². The predicted molar refractivity (Wildman–Crippen MR) is 129 cm³/mol. The highest BCUT2D eigenvalue weighted by molar-refractivity contribution is 6.05. The Morgan fingerprint density at radius 3 is 2.53 bits per heavy atom. The number of carbonyl (C=O) groups excluding carboxylic acids is 4. The highest BCUT2D eigenvalue weighted by atomic mass is 19.1. The zero-order valence-corrected chi connectivity index (χ0v) is 19.4. The van der Waals surface area contributed by atoms with Gasteiger partial charge in [-0.3, -0.25) is 24.6 Å². The van der Waals surface area contributed by atoms with Gasteiger partial charge in [-0.1, -0.05) is 36.4 Å². The van der Waals surface area contributed by atoms with Gasteiger partial charge >= 0.3 is 6.09 Å². The van der Waals surface area contributed by atoms with E-state index in [1.807, 2.05) is 18.2 Å². The van der Waals surface area contributed by atoms with Crippen molar-refractivity contribution < 1.29 is 28.3 Å². The number of fused-ring (bicyclic) bond motifs is 1. The molecule has 4 amide bonds. The van der Waals surface area contributed by atoms with Crippen molar-refractivity contribution in [1.82, 2.24) is 10.2 Å².